The third kappa shape index (κ3) is 8.14. The van der Waals surface area contributed by atoms with Gasteiger partial charge in [0.05, 0.1) is 5.75 Å². The van der Waals surface area contributed by atoms with Gasteiger partial charge in [-0.2, -0.15) is 0 Å². The van der Waals surface area contributed by atoms with E-state index >= 15 is 0 Å². The molecule has 120 valence electrons. The van der Waals surface area contributed by atoms with Crippen molar-refractivity contribution < 1.29 is 12.8 Å². The molecule has 6 heteroatoms. The number of sulfonamides is 1. The summed E-state index contributed by atoms with van der Waals surface area (Å²) < 4.78 is 39.3. The van der Waals surface area contributed by atoms with E-state index in [1.807, 2.05) is 6.92 Å². The van der Waals surface area contributed by atoms with Crippen LogP contribution in [0.2, 0.25) is 0 Å². The second kappa shape index (κ2) is 9.12. The average Bonchev–Trinajstić information content (AvgIpc) is 2.40. The van der Waals surface area contributed by atoms with Crippen LogP contribution in [0.1, 0.15) is 32.3 Å². The van der Waals surface area contributed by atoms with E-state index in [0.717, 1.165) is 18.5 Å². The van der Waals surface area contributed by atoms with E-state index in [9.17, 15) is 12.8 Å². The molecule has 1 rings (SSSR count). The molecule has 0 aliphatic carbocycles. The number of hydrogen-bond acceptors (Lipinski definition) is 3. The summed E-state index contributed by atoms with van der Waals surface area (Å²) in [6.07, 6.45) is 2.19. The quantitative estimate of drug-likeness (QED) is 0.650. The Balaban J connectivity index is 2.34. The fourth-order valence-electron chi connectivity index (χ4n) is 2.07. The smallest absolute Gasteiger partial charge is 0.211 e. The van der Waals surface area contributed by atoms with Gasteiger partial charge in [-0.15, -0.1) is 0 Å². The van der Waals surface area contributed by atoms with Crippen molar-refractivity contribution in [1.82, 2.24) is 10.0 Å². The van der Waals surface area contributed by atoms with Gasteiger partial charge in [0.25, 0.3) is 0 Å². The maximum absolute atomic E-state index is 12.8. The fraction of sp³-hybridized carbons (Fsp3) is 0.600. The molecule has 1 atom stereocenters. The van der Waals surface area contributed by atoms with E-state index in [1.54, 1.807) is 12.1 Å². The minimum Gasteiger partial charge on any atom is -0.317 e. The molecule has 0 saturated carbocycles. The monoisotopic (exact) mass is 316 g/mol. The highest BCUT2D eigenvalue weighted by Gasteiger charge is 2.14. The minimum absolute atomic E-state index is 0.122. The van der Waals surface area contributed by atoms with Crippen molar-refractivity contribution in [2.45, 2.75) is 39.2 Å². The number of rotatable bonds is 10. The zero-order valence-corrected chi connectivity index (χ0v) is 13.5. The normalized spacial score (nSPS) is 13.3. The zero-order chi connectivity index (χ0) is 15.7. The van der Waals surface area contributed by atoms with Crippen molar-refractivity contribution in [3.63, 3.8) is 0 Å². The maximum Gasteiger partial charge on any atom is 0.211 e. The Kier molecular flexibility index (Phi) is 7.85. The predicted molar refractivity (Wildman–Crippen MR) is 84.3 cm³/mol. The maximum atomic E-state index is 12.8. The van der Waals surface area contributed by atoms with Gasteiger partial charge in [0.15, 0.2) is 0 Å². The van der Waals surface area contributed by atoms with E-state index in [2.05, 4.69) is 17.0 Å². The Morgan fingerprint density at radius 2 is 1.86 bits per heavy atom. The van der Waals surface area contributed by atoms with Crippen molar-refractivity contribution in [1.29, 1.82) is 0 Å². The van der Waals surface area contributed by atoms with Crippen LogP contribution >= 0.6 is 0 Å². The first-order chi connectivity index (χ1) is 9.93. The van der Waals surface area contributed by atoms with E-state index in [4.69, 9.17) is 0 Å². The molecule has 0 heterocycles. The van der Waals surface area contributed by atoms with Crippen LogP contribution in [0.25, 0.3) is 0 Å². The molecule has 0 saturated heterocycles. The second-order valence-corrected chi connectivity index (χ2v) is 7.15. The SMILES string of the molecule is CCCNCCCS(=O)(=O)NC(C)Cc1ccc(F)cc1. The molecule has 4 nitrogen and oxygen atoms in total. The standard InChI is InChI=1S/C15H25FN2O2S/c1-3-9-17-10-4-11-21(19,20)18-13(2)12-14-5-7-15(16)8-6-14/h5-8,13,17-18H,3-4,9-12H2,1-2H3. The molecular weight excluding hydrogens is 291 g/mol. The first kappa shape index (κ1) is 18.1. The second-order valence-electron chi connectivity index (χ2n) is 5.27. The minimum atomic E-state index is -3.26. The van der Waals surface area contributed by atoms with Crippen molar-refractivity contribution in [3.05, 3.63) is 35.6 Å². The van der Waals surface area contributed by atoms with Crippen LogP contribution in [0, 0.1) is 5.82 Å². The van der Waals surface area contributed by atoms with Crippen molar-refractivity contribution >= 4 is 10.0 Å². The van der Waals surface area contributed by atoms with Crippen LogP contribution in [-0.4, -0.2) is 33.3 Å². The molecule has 0 spiro atoms. The Hall–Kier alpha value is -0.980. The third-order valence-corrected chi connectivity index (χ3v) is 4.62. The summed E-state index contributed by atoms with van der Waals surface area (Å²) in [7, 11) is -3.26. The van der Waals surface area contributed by atoms with Crippen LogP contribution in [-0.2, 0) is 16.4 Å². The highest BCUT2D eigenvalue weighted by atomic mass is 32.2. The highest BCUT2D eigenvalue weighted by Crippen LogP contribution is 2.06. The lowest BCUT2D eigenvalue weighted by Crippen LogP contribution is -2.36. The average molecular weight is 316 g/mol. The Morgan fingerprint density at radius 1 is 1.19 bits per heavy atom. The first-order valence-electron chi connectivity index (χ1n) is 7.38. The van der Waals surface area contributed by atoms with E-state index in [0.29, 0.717) is 19.4 Å². The Labute approximate surface area is 127 Å². The van der Waals surface area contributed by atoms with Gasteiger partial charge in [0.1, 0.15) is 5.82 Å². The Morgan fingerprint density at radius 3 is 2.48 bits per heavy atom. The van der Waals surface area contributed by atoms with Gasteiger partial charge in [-0.1, -0.05) is 19.1 Å². The molecule has 21 heavy (non-hydrogen) atoms. The molecule has 1 unspecified atom stereocenters. The van der Waals surface area contributed by atoms with Crippen LogP contribution in [0.3, 0.4) is 0 Å². The van der Waals surface area contributed by atoms with E-state index in [1.165, 1.54) is 12.1 Å². The van der Waals surface area contributed by atoms with Gasteiger partial charge in [-0.05, 0) is 57.0 Å². The van der Waals surface area contributed by atoms with Crippen molar-refractivity contribution in [3.8, 4) is 0 Å². The van der Waals surface area contributed by atoms with Gasteiger partial charge in [0.2, 0.25) is 10.0 Å². The molecule has 1 aromatic rings. The largest absolute Gasteiger partial charge is 0.317 e. The molecule has 2 N–H and O–H groups in total. The van der Waals surface area contributed by atoms with Gasteiger partial charge in [-0.3, -0.25) is 0 Å². The molecule has 0 aromatic heterocycles. The van der Waals surface area contributed by atoms with Crippen LogP contribution < -0.4 is 10.0 Å². The topological polar surface area (TPSA) is 58.2 Å². The number of benzene rings is 1. The summed E-state index contributed by atoms with van der Waals surface area (Å²) in [5, 5.41) is 3.18. The molecule has 0 fully saturated rings. The van der Waals surface area contributed by atoms with Gasteiger partial charge in [0, 0.05) is 6.04 Å². The lowest BCUT2D eigenvalue weighted by atomic mass is 10.1. The molecule has 0 aliphatic heterocycles. The summed E-state index contributed by atoms with van der Waals surface area (Å²) in [4.78, 5) is 0. The fourth-order valence-corrected chi connectivity index (χ4v) is 3.41. The van der Waals surface area contributed by atoms with Crippen LogP contribution in [0.4, 0.5) is 4.39 Å². The molecule has 0 aliphatic rings. The van der Waals surface area contributed by atoms with Crippen molar-refractivity contribution in [2.75, 3.05) is 18.8 Å². The molecule has 0 radical (unpaired) electrons. The van der Waals surface area contributed by atoms with E-state index < -0.39 is 10.0 Å². The van der Waals surface area contributed by atoms with Crippen LogP contribution in [0.5, 0.6) is 0 Å². The summed E-state index contributed by atoms with van der Waals surface area (Å²) in [6, 6.07) is 5.92. The molecule has 0 amide bonds. The van der Waals surface area contributed by atoms with Gasteiger partial charge in [-0.25, -0.2) is 17.5 Å². The molecular formula is C15H25FN2O2S. The Bertz CT molecular complexity index is 503. The van der Waals surface area contributed by atoms with Crippen LogP contribution in [0.15, 0.2) is 24.3 Å². The summed E-state index contributed by atoms with van der Waals surface area (Å²) in [5.41, 5.74) is 0.913. The highest BCUT2D eigenvalue weighted by molar-refractivity contribution is 7.89. The first-order valence-corrected chi connectivity index (χ1v) is 9.03. The van der Waals surface area contributed by atoms with E-state index in [-0.39, 0.29) is 17.6 Å². The summed E-state index contributed by atoms with van der Waals surface area (Å²) in [6.45, 7) is 5.51. The molecule has 0 bridgehead atoms. The number of halogens is 1. The lowest BCUT2D eigenvalue weighted by molar-refractivity contribution is 0.554. The lowest BCUT2D eigenvalue weighted by Gasteiger charge is -2.14. The number of nitrogens with one attached hydrogen (secondary N) is 2. The summed E-state index contributed by atoms with van der Waals surface area (Å²) in [5.74, 6) is -0.163. The predicted octanol–water partition coefficient (Wildman–Crippen LogP) is 2.07. The molecule has 1 aromatic carbocycles. The summed E-state index contributed by atoms with van der Waals surface area (Å²) >= 11 is 0. The zero-order valence-electron chi connectivity index (χ0n) is 12.7. The van der Waals surface area contributed by atoms with Crippen molar-refractivity contribution in [2.24, 2.45) is 0 Å². The number of hydrogen-bond donors (Lipinski definition) is 2. The third-order valence-electron chi connectivity index (χ3n) is 3.03. The van der Waals surface area contributed by atoms with Gasteiger partial charge >= 0.3 is 0 Å². The van der Waals surface area contributed by atoms with Gasteiger partial charge < -0.3 is 5.32 Å².